The molecule has 0 bridgehead atoms. The number of ether oxygens (including phenoxy) is 2. The number of aromatic nitrogens is 3. The summed E-state index contributed by atoms with van der Waals surface area (Å²) in [4.78, 5) is 12.2. The molecule has 12 nitrogen and oxygen atoms in total. The summed E-state index contributed by atoms with van der Waals surface area (Å²) >= 11 is 0. The number of alkyl halides is 3. The van der Waals surface area contributed by atoms with Crippen LogP contribution in [0.2, 0.25) is 0 Å². The SMILES string of the molecule is COc1ccc2c(-c3nc(Nc4cc(N)c(N(C)CCN(C)C)cc4OC)ncc3C(F)(F)F)cn(S(=O)(=O)N(C)C)c2c1. The van der Waals surface area contributed by atoms with E-state index in [0.717, 1.165) is 21.0 Å². The zero-order chi connectivity index (χ0) is 32.6. The fourth-order valence-electron chi connectivity index (χ4n) is 4.49. The Labute approximate surface area is 254 Å². The Hall–Kier alpha value is -4.28. The van der Waals surface area contributed by atoms with Gasteiger partial charge in [-0.15, -0.1) is 0 Å². The first-order valence-electron chi connectivity index (χ1n) is 13.3. The normalized spacial score (nSPS) is 12.3. The number of nitrogen functional groups attached to an aromatic ring is 1. The summed E-state index contributed by atoms with van der Waals surface area (Å²) in [6.45, 7) is 1.46. The maximum absolute atomic E-state index is 14.3. The first kappa shape index (κ1) is 32.6. The number of methoxy groups -OCH3 is 2. The van der Waals surface area contributed by atoms with Gasteiger partial charge in [0.1, 0.15) is 17.1 Å². The second-order valence-corrected chi connectivity index (χ2v) is 12.4. The number of fused-ring (bicyclic) bond motifs is 1. The predicted octanol–water partition coefficient (Wildman–Crippen LogP) is 4.11. The van der Waals surface area contributed by atoms with E-state index in [9.17, 15) is 21.6 Å². The predicted molar refractivity (Wildman–Crippen MR) is 165 cm³/mol. The van der Waals surface area contributed by atoms with Crippen LogP contribution in [0.4, 0.5) is 36.2 Å². The van der Waals surface area contributed by atoms with E-state index >= 15 is 0 Å². The number of benzene rings is 2. The summed E-state index contributed by atoms with van der Waals surface area (Å²) in [6, 6.07) is 7.74. The second kappa shape index (κ2) is 12.4. The lowest BCUT2D eigenvalue weighted by atomic mass is 10.1. The van der Waals surface area contributed by atoms with Gasteiger partial charge in [-0.25, -0.2) is 13.9 Å². The van der Waals surface area contributed by atoms with Crippen LogP contribution in [0.5, 0.6) is 11.5 Å². The van der Waals surface area contributed by atoms with Crippen molar-refractivity contribution in [3.8, 4) is 22.8 Å². The van der Waals surface area contributed by atoms with Crippen molar-refractivity contribution in [2.24, 2.45) is 0 Å². The fraction of sp³-hybridized carbons (Fsp3) is 0.357. The first-order chi connectivity index (χ1) is 20.6. The quantitative estimate of drug-likeness (QED) is 0.232. The molecular formula is C28H35F3N8O4S. The number of anilines is 4. The number of nitrogens with zero attached hydrogens (tertiary/aromatic N) is 6. The topological polar surface area (TPSA) is 131 Å². The molecule has 16 heteroatoms. The van der Waals surface area contributed by atoms with Crippen LogP contribution >= 0.6 is 0 Å². The molecule has 3 N–H and O–H groups in total. The molecule has 238 valence electrons. The highest BCUT2D eigenvalue weighted by Crippen LogP contribution is 2.42. The Morgan fingerprint density at radius 2 is 1.73 bits per heavy atom. The monoisotopic (exact) mass is 636 g/mol. The number of rotatable bonds is 11. The summed E-state index contributed by atoms with van der Waals surface area (Å²) in [5.74, 6) is 0.486. The van der Waals surface area contributed by atoms with Gasteiger partial charge in [-0.1, -0.05) is 0 Å². The molecule has 0 amide bonds. The molecule has 0 aliphatic carbocycles. The first-order valence-corrected chi connectivity index (χ1v) is 14.6. The molecule has 0 aliphatic rings. The molecule has 0 radical (unpaired) electrons. The van der Waals surface area contributed by atoms with E-state index in [1.54, 1.807) is 12.1 Å². The average Bonchev–Trinajstić information content (AvgIpc) is 3.35. The summed E-state index contributed by atoms with van der Waals surface area (Å²) in [5.41, 5.74) is 6.13. The molecule has 0 spiro atoms. The number of hydrogen-bond donors (Lipinski definition) is 2. The number of hydrogen-bond acceptors (Lipinski definition) is 10. The Kier molecular flexibility index (Phi) is 9.18. The molecule has 4 rings (SSSR count). The van der Waals surface area contributed by atoms with Crippen LogP contribution in [0.25, 0.3) is 22.2 Å². The van der Waals surface area contributed by atoms with Crippen molar-refractivity contribution in [1.29, 1.82) is 0 Å². The molecule has 0 atom stereocenters. The highest BCUT2D eigenvalue weighted by molar-refractivity contribution is 7.87. The van der Waals surface area contributed by atoms with Gasteiger partial charge in [0.2, 0.25) is 5.95 Å². The van der Waals surface area contributed by atoms with Crippen LogP contribution in [-0.2, 0) is 16.4 Å². The second-order valence-electron chi connectivity index (χ2n) is 10.4. The maximum atomic E-state index is 14.3. The number of halogens is 3. The summed E-state index contributed by atoms with van der Waals surface area (Å²) in [5, 5.41) is 3.12. The van der Waals surface area contributed by atoms with Crippen LogP contribution in [0.15, 0.2) is 42.7 Å². The van der Waals surface area contributed by atoms with Gasteiger partial charge in [0.15, 0.2) is 0 Å². The molecule has 0 aliphatic heterocycles. The van der Waals surface area contributed by atoms with Crippen LogP contribution in [0, 0.1) is 0 Å². The lowest BCUT2D eigenvalue weighted by Gasteiger charge is -2.24. The van der Waals surface area contributed by atoms with E-state index < -0.39 is 27.6 Å². The molecule has 4 aromatic rings. The van der Waals surface area contributed by atoms with E-state index in [0.29, 0.717) is 41.3 Å². The standard InChI is InChI=1S/C28H35F3N8O4S/c1-36(2)10-11-38(5)24-14-25(43-7)22(13-21(24)32)34-27-33-15-20(28(29,30)31)26(35-27)19-16-39(44(40,41)37(3)4)23-12-17(42-6)8-9-18(19)23/h8-9,12-16H,10-11,32H2,1-7H3,(H,33,34,35). The van der Waals surface area contributed by atoms with E-state index in [-0.39, 0.29) is 22.4 Å². The van der Waals surface area contributed by atoms with Crippen molar-refractivity contribution in [2.45, 2.75) is 6.18 Å². The summed E-state index contributed by atoms with van der Waals surface area (Å²) in [6.07, 6.45) is -3.09. The molecule has 44 heavy (non-hydrogen) atoms. The summed E-state index contributed by atoms with van der Waals surface area (Å²) in [7, 11) is 7.15. The van der Waals surface area contributed by atoms with Crippen LogP contribution < -0.4 is 25.4 Å². The third-order valence-corrected chi connectivity index (χ3v) is 8.65. The Morgan fingerprint density at radius 1 is 1.02 bits per heavy atom. The van der Waals surface area contributed by atoms with Gasteiger partial charge < -0.3 is 30.3 Å². The van der Waals surface area contributed by atoms with E-state index in [2.05, 4.69) is 15.3 Å². The minimum absolute atomic E-state index is 0.0739. The Balaban J connectivity index is 1.87. The van der Waals surface area contributed by atoms with Crippen molar-refractivity contribution < 1.29 is 31.1 Å². The molecule has 2 aromatic heterocycles. The zero-order valence-electron chi connectivity index (χ0n) is 25.4. The van der Waals surface area contributed by atoms with E-state index in [1.807, 2.05) is 30.9 Å². The Bertz CT molecular complexity index is 1780. The highest BCUT2D eigenvalue weighted by Gasteiger charge is 2.37. The third kappa shape index (κ3) is 6.46. The van der Waals surface area contributed by atoms with Crippen molar-refractivity contribution in [2.75, 3.05) is 78.5 Å². The van der Waals surface area contributed by atoms with Crippen molar-refractivity contribution in [1.82, 2.24) is 23.1 Å². The molecule has 2 heterocycles. The fourth-order valence-corrected chi connectivity index (χ4v) is 5.48. The van der Waals surface area contributed by atoms with Gasteiger partial charge in [-0.05, 0) is 32.3 Å². The number of likely N-dealkylation sites (N-methyl/N-ethyl adjacent to an activating group) is 2. The summed E-state index contributed by atoms with van der Waals surface area (Å²) < 4.78 is 81.9. The number of nitrogens with one attached hydrogen (secondary N) is 1. The van der Waals surface area contributed by atoms with Crippen molar-refractivity contribution in [3.63, 3.8) is 0 Å². The molecule has 0 saturated heterocycles. The smallest absolute Gasteiger partial charge is 0.419 e. The van der Waals surface area contributed by atoms with E-state index in [4.69, 9.17) is 15.2 Å². The largest absolute Gasteiger partial charge is 0.497 e. The average molecular weight is 637 g/mol. The van der Waals surface area contributed by atoms with Crippen molar-refractivity contribution >= 4 is 44.1 Å². The zero-order valence-corrected chi connectivity index (χ0v) is 26.2. The van der Waals surface area contributed by atoms with Crippen LogP contribution in [0.3, 0.4) is 0 Å². The van der Waals surface area contributed by atoms with Gasteiger partial charge in [0, 0.05) is 69.7 Å². The van der Waals surface area contributed by atoms with Crippen LogP contribution in [-0.4, -0.2) is 94.1 Å². The molecule has 0 unspecified atom stereocenters. The molecule has 0 saturated carbocycles. The van der Waals surface area contributed by atoms with Gasteiger partial charge in [-0.3, -0.25) is 0 Å². The lowest BCUT2D eigenvalue weighted by molar-refractivity contribution is -0.137. The third-order valence-electron chi connectivity index (χ3n) is 6.93. The molecule has 0 fully saturated rings. The minimum atomic E-state index is -4.85. The minimum Gasteiger partial charge on any atom is -0.497 e. The Morgan fingerprint density at radius 3 is 2.32 bits per heavy atom. The molecular weight excluding hydrogens is 601 g/mol. The number of nitrogens with two attached hydrogens (primary N) is 1. The van der Waals surface area contributed by atoms with Gasteiger partial charge >= 0.3 is 16.4 Å². The van der Waals surface area contributed by atoms with Crippen molar-refractivity contribution in [3.05, 3.63) is 48.3 Å². The highest BCUT2D eigenvalue weighted by atomic mass is 32.2. The lowest BCUT2D eigenvalue weighted by Crippen LogP contribution is -2.29. The maximum Gasteiger partial charge on any atom is 0.419 e. The van der Waals surface area contributed by atoms with Gasteiger partial charge in [0.25, 0.3) is 0 Å². The van der Waals surface area contributed by atoms with Gasteiger partial charge in [0.05, 0.1) is 42.5 Å². The molecule has 2 aromatic carbocycles. The van der Waals surface area contributed by atoms with Gasteiger partial charge in [-0.2, -0.15) is 25.9 Å². The van der Waals surface area contributed by atoms with Crippen LogP contribution in [0.1, 0.15) is 5.56 Å². The van der Waals surface area contributed by atoms with E-state index in [1.165, 1.54) is 46.5 Å².